The van der Waals surface area contributed by atoms with Crippen molar-refractivity contribution in [2.45, 2.75) is 19.3 Å². The van der Waals surface area contributed by atoms with E-state index in [9.17, 15) is 9.59 Å². The molecule has 4 heteroatoms. The molecule has 0 radical (unpaired) electrons. The zero-order valence-electron chi connectivity index (χ0n) is 9.93. The second-order valence-electron chi connectivity index (χ2n) is 4.36. The van der Waals surface area contributed by atoms with E-state index in [4.69, 9.17) is 5.11 Å². The van der Waals surface area contributed by atoms with Crippen LogP contribution in [-0.4, -0.2) is 17.0 Å². The van der Waals surface area contributed by atoms with Gasteiger partial charge in [0.2, 0.25) is 5.91 Å². The third-order valence-corrected chi connectivity index (χ3v) is 3.00. The largest absolute Gasteiger partial charge is 0.481 e. The Morgan fingerprint density at radius 3 is 2.56 bits per heavy atom. The van der Waals surface area contributed by atoms with Crippen molar-refractivity contribution in [2.75, 3.05) is 5.32 Å². The van der Waals surface area contributed by atoms with Gasteiger partial charge in [0.1, 0.15) is 0 Å². The van der Waals surface area contributed by atoms with Gasteiger partial charge in [0.05, 0.1) is 6.42 Å². The van der Waals surface area contributed by atoms with Gasteiger partial charge in [-0.3, -0.25) is 9.59 Å². The highest BCUT2D eigenvalue weighted by Gasteiger charge is 2.20. The molecule has 1 amide bonds. The first-order valence-electron chi connectivity index (χ1n) is 5.92. The van der Waals surface area contributed by atoms with Crippen molar-refractivity contribution in [3.63, 3.8) is 0 Å². The van der Waals surface area contributed by atoms with E-state index in [1.165, 1.54) is 0 Å². The van der Waals surface area contributed by atoms with Crippen molar-refractivity contribution in [1.29, 1.82) is 0 Å². The van der Waals surface area contributed by atoms with Crippen molar-refractivity contribution in [2.24, 2.45) is 5.92 Å². The van der Waals surface area contributed by atoms with Gasteiger partial charge >= 0.3 is 5.97 Å². The molecule has 0 bridgehead atoms. The normalized spacial score (nSPS) is 14.7. The van der Waals surface area contributed by atoms with Crippen LogP contribution in [0.3, 0.4) is 0 Å². The second-order valence-corrected chi connectivity index (χ2v) is 4.36. The molecule has 2 N–H and O–H groups in total. The third-order valence-electron chi connectivity index (χ3n) is 3.00. The minimum atomic E-state index is -0.903. The Morgan fingerprint density at radius 2 is 1.89 bits per heavy atom. The molecule has 1 aliphatic carbocycles. The minimum absolute atomic E-state index is 0.0251. The number of allylic oxidation sites excluding steroid dienone is 2. The zero-order chi connectivity index (χ0) is 13.0. The maximum atomic E-state index is 12.0. The van der Waals surface area contributed by atoms with Gasteiger partial charge in [-0.2, -0.15) is 0 Å². The second kappa shape index (κ2) is 5.49. The number of anilines is 1. The van der Waals surface area contributed by atoms with E-state index in [-0.39, 0.29) is 18.2 Å². The summed E-state index contributed by atoms with van der Waals surface area (Å²) in [7, 11) is 0. The summed E-state index contributed by atoms with van der Waals surface area (Å²) >= 11 is 0. The van der Waals surface area contributed by atoms with Crippen molar-refractivity contribution < 1.29 is 14.7 Å². The Bertz CT molecular complexity index is 486. The molecule has 0 heterocycles. The Labute approximate surface area is 105 Å². The van der Waals surface area contributed by atoms with E-state index in [1.807, 2.05) is 12.2 Å². The average Bonchev–Trinajstić information content (AvgIpc) is 2.84. The Morgan fingerprint density at radius 1 is 1.22 bits per heavy atom. The van der Waals surface area contributed by atoms with E-state index >= 15 is 0 Å². The number of benzene rings is 1. The van der Waals surface area contributed by atoms with E-state index in [2.05, 4.69) is 5.32 Å². The predicted molar refractivity (Wildman–Crippen MR) is 68.3 cm³/mol. The summed E-state index contributed by atoms with van der Waals surface area (Å²) < 4.78 is 0. The summed E-state index contributed by atoms with van der Waals surface area (Å²) in [6, 6.07) is 7.01. The number of carboxylic acid groups (broad SMARTS) is 1. The average molecular weight is 245 g/mol. The third kappa shape index (κ3) is 2.97. The summed E-state index contributed by atoms with van der Waals surface area (Å²) in [5.41, 5.74) is 1.22. The summed E-state index contributed by atoms with van der Waals surface area (Å²) in [5.74, 6) is -0.972. The monoisotopic (exact) mass is 245 g/mol. The van der Waals surface area contributed by atoms with Crippen LogP contribution in [0.4, 0.5) is 5.69 Å². The summed E-state index contributed by atoms with van der Waals surface area (Å²) in [6.07, 6.45) is 5.42. The fourth-order valence-electron chi connectivity index (χ4n) is 2.03. The molecule has 0 unspecified atom stereocenters. The molecule has 1 aromatic rings. The van der Waals surface area contributed by atoms with Crippen LogP contribution < -0.4 is 5.32 Å². The van der Waals surface area contributed by atoms with Gasteiger partial charge in [0.25, 0.3) is 0 Å². The van der Waals surface area contributed by atoms with Crippen LogP contribution in [0.15, 0.2) is 36.4 Å². The highest BCUT2D eigenvalue weighted by molar-refractivity contribution is 5.94. The van der Waals surface area contributed by atoms with E-state index in [0.717, 1.165) is 12.8 Å². The lowest BCUT2D eigenvalue weighted by atomic mass is 10.1. The highest BCUT2D eigenvalue weighted by atomic mass is 16.4. The number of rotatable bonds is 4. The molecule has 18 heavy (non-hydrogen) atoms. The molecule has 0 saturated carbocycles. The van der Waals surface area contributed by atoms with E-state index in [1.54, 1.807) is 24.3 Å². The summed E-state index contributed by atoms with van der Waals surface area (Å²) in [6.45, 7) is 0. The molecular weight excluding hydrogens is 230 g/mol. The molecule has 0 spiro atoms. The highest BCUT2D eigenvalue weighted by Crippen LogP contribution is 2.22. The van der Waals surface area contributed by atoms with Gasteiger partial charge < -0.3 is 10.4 Å². The molecule has 0 fully saturated rings. The minimum Gasteiger partial charge on any atom is -0.481 e. The fraction of sp³-hybridized carbons (Fsp3) is 0.286. The predicted octanol–water partition coefficient (Wildman–Crippen LogP) is 2.22. The first-order chi connectivity index (χ1) is 8.66. The fourth-order valence-corrected chi connectivity index (χ4v) is 2.03. The molecule has 1 aromatic carbocycles. The van der Waals surface area contributed by atoms with Gasteiger partial charge in [0, 0.05) is 11.6 Å². The van der Waals surface area contributed by atoms with Crippen LogP contribution in [0.5, 0.6) is 0 Å². The van der Waals surface area contributed by atoms with Crippen molar-refractivity contribution in [3.8, 4) is 0 Å². The Hall–Kier alpha value is -2.10. The van der Waals surface area contributed by atoms with Crippen molar-refractivity contribution in [3.05, 3.63) is 42.0 Å². The number of carboxylic acids is 1. The van der Waals surface area contributed by atoms with Gasteiger partial charge in [-0.05, 0) is 24.5 Å². The quantitative estimate of drug-likeness (QED) is 0.799. The van der Waals surface area contributed by atoms with Gasteiger partial charge in [0.15, 0.2) is 0 Å². The smallest absolute Gasteiger partial charge is 0.307 e. The number of amides is 1. The number of hydrogen-bond acceptors (Lipinski definition) is 2. The van der Waals surface area contributed by atoms with Crippen molar-refractivity contribution >= 4 is 17.6 Å². The molecule has 1 aliphatic rings. The van der Waals surface area contributed by atoms with Crippen LogP contribution in [0.1, 0.15) is 18.4 Å². The molecule has 0 atom stereocenters. The van der Waals surface area contributed by atoms with Crippen LogP contribution >= 0.6 is 0 Å². The lowest BCUT2D eigenvalue weighted by Crippen LogP contribution is -2.21. The maximum Gasteiger partial charge on any atom is 0.307 e. The number of aliphatic carboxylic acids is 1. The first-order valence-corrected chi connectivity index (χ1v) is 5.92. The summed E-state index contributed by atoms with van der Waals surface area (Å²) in [5, 5.41) is 11.6. The first kappa shape index (κ1) is 12.4. The molecule has 0 saturated heterocycles. The van der Waals surface area contributed by atoms with Gasteiger partial charge in [-0.15, -0.1) is 0 Å². The van der Waals surface area contributed by atoms with Gasteiger partial charge in [-0.25, -0.2) is 0 Å². The standard InChI is InChI=1S/C14H15NO3/c16-13(17)9-11-7-3-4-8-12(11)15-14(18)10-5-1-2-6-10/h1-4,7-8,10H,5-6,9H2,(H,15,18)(H,16,17). The van der Waals surface area contributed by atoms with E-state index in [0.29, 0.717) is 11.3 Å². The van der Waals surface area contributed by atoms with Gasteiger partial charge in [-0.1, -0.05) is 30.4 Å². The number of nitrogens with one attached hydrogen (secondary N) is 1. The molecule has 94 valence electrons. The Kier molecular flexibility index (Phi) is 3.77. The molecule has 0 aromatic heterocycles. The maximum absolute atomic E-state index is 12.0. The lowest BCUT2D eigenvalue weighted by Gasteiger charge is -2.13. The van der Waals surface area contributed by atoms with Crippen LogP contribution in [-0.2, 0) is 16.0 Å². The molecule has 2 rings (SSSR count). The zero-order valence-corrected chi connectivity index (χ0v) is 9.93. The SMILES string of the molecule is O=C(O)Cc1ccccc1NC(=O)C1CC=CC1. The molecule has 4 nitrogen and oxygen atoms in total. The molecular formula is C14H15NO3. The number of carbonyl (C=O) groups excluding carboxylic acids is 1. The van der Waals surface area contributed by atoms with Crippen LogP contribution in [0.2, 0.25) is 0 Å². The Balaban J connectivity index is 2.08. The summed E-state index contributed by atoms with van der Waals surface area (Å²) in [4.78, 5) is 22.7. The lowest BCUT2D eigenvalue weighted by molar-refractivity contribution is -0.136. The van der Waals surface area contributed by atoms with Crippen molar-refractivity contribution in [1.82, 2.24) is 0 Å². The number of hydrogen-bond donors (Lipinski definition) is 2. The van der Waals surface area contributed by atoms with E-state index < -0.39 is 5.97 Å². The molecule has 0 aliphatic heterocycles. The van der Waals surface area contributed by atoms with Crippen LogP contribution in [0.25, 0.3) is 0 Å². The topological polar surface area (TPSA) is 66.4 Å². The number of para-hydroxylation sites is 1. The van der Waals surface area contributed by atoms with Crippen LogP contribution in [0, 0.1) is 5.92 Å². The number of carbonyl (C=O) groups is 2.